The van der Waals surface area contributed by atoms with E-state index < -0.39 is 0 Å². The van der Waals surface area contributed by atoms with Crippen LogP contribution >= 0.6 is 0 Å². The Morgan fingerprint density at radius 2 is 2.32 bits per heavy atom. The first kappa shape index (κ1) is 12.9. The van der Waals surface area contributed by atoms with Gasteiger partial charge in [-0.05, 0) is 39.3 Å². The molecule has 1 unspecified atom stereocenters. The van der Waals surface area contributed by atoms with Gasteiger partial charge >= 0.3 is 0 Å². The lowest BCUT2D eigenvalue weighted by Gasteiger charge is -2.34. The van der Waals surface area contributed by atoms with E-state index in [2.05, 4.69) is 34.2 Å². The number of piperidine rings is 1. The Morgan fingerprint density at radius 3 is 3.05 bits per heavy atom. The molecule has 2 fully saturated rings. The van der Waals surface area contributed by atoms with E-state index in [0.29, 0.717) is 12.1 Å². The predicted molar refractivity (Wildman–Crippen MR) is 75.3 cm³/mol. The van der Waals surface area contributed by atoms with Crippen LogP contribution in [0.1, 0.15) is 31.4 Å². The van der Waals surface area contributed by atoms with E-state index in [0.717, 1.165) is 24.8 Å². The number of rotatable bonds is 5. The molecule has 2 heterocycles. The lowest BCUT2D eigenvalue weighted by molar-refractivity contribution is 0.244. The molecule has 0 amide bonds. The van der Waals surface area contributed by atoms with Crippen LogP contribution in [0.4, 0.5) is 6.01 Å². The van der Waals surface area contributed by atoms with Crippen molar-refractivity contribution in [1.29, 1.82) is 0 Å². The van der Waals surface area contributed by atoms with Gasteiger partial charge in [-0.3, -0.25) is 0 Å². The van der Waals surface area contributed by atoms with Crippen LogP contribution < -0.4 is 10.2 Å². The second-order valence-electron chi connectivity index (χ2n) is 5.95. The van der Waals surface area contributed by atoms with Crippen molar-refractivity contribution >= 4 is 6.01 Å². The van der Waals surface area contributed by atoms with Crippen molar-refractivity contribution in [3.05, 3.63) is 12.0 Å². The largest absolute Gasteiger partial charge is 0.432 e. The summed E-state index contributed by atoms with van der Waals surface area (Å²) in [5.74, 6) is 0. The van der Waals surface area contributed by atoms with Gasteiger partial charge in [0.1, 0.15) is 6.26 Å². The van der Waals surface area contributed by atoms with Gasteiger partial charge in [0.15, 0.2) is 0 Å². The van der Waals surface area contributed by atoms with E-state index >= 15 is 0 Å². The number of likely N-dealkylation sites (tertiary alicyclic amines) is 1. The van der Waals surface area contributed by atoms with E-state index in [1.807, 2.05) is 0 Å². The average molecular weight is 264 g/mol. The minimum Gasteiger partial charge on any atom is -0.432 e. The summed E-state index contributed by atoms with van der Waals surface area (Å²) >= 11 is 0. The van der Waals surface area contributed by atoms with Gasteiger partial charge in [-0.25, -0.2) is 0 Å². The van der Waals surface area contributed by atoms with Gasteiger partial charge in [0, 0.05) is 32.2 Å². The second kappa shape index (κ2) is 5.51. The normalized spacial score (nSPS) is 24.6. The van der Waals surface area contributed by atoms with Crippen LogP contribution in [0.5, 0.6) is 0 Å². The van der Waals surface area contributed by atoms with Crippen molar-refractivity contribution in [3.63, 3.8) is 0 Å². The van der Waals surface area contributed by atoms with Crippen molar-refractivity contribution in [1.82, 2.24) is 15.2 Å². The minimum atomic E-state index is 0.515. The summed E-state index contributed by atoms with van der Waals surface area (Å²) < 4.78 is 5.62. The molecule has 1 saturated heterocycles. The summed E-state index contributed by atoms with van der Waals surface area (Å²) in [6, 6.07) is 1.99. The number of hydrogen-bond acceptors (Lipinski definition) is 5. The molecule has 5 heteroatoms. The molecule has 1 aromatic rings. The maximum absolute atomic E-state index is 5.62. The highest BCUT2D eigenvalue weighted by molar-refractivity contribution is 5.28. The van der Waals surface area contributed by atoms with Crippen LogP contribution in [0, 0.1) is 0 Å². The number of nitrogens with one attached hydrogen (secondary N) is 1. The standard InChI is InChI=1S/C14H24N4O/c1-17-7-3-4-13(9-17)18(2)14-16-12(10-19-14)8-15-11-5-6-11/h10-11,13,15H,3-9H2,1-2H3. The molecule has 19 heavy (non-hydrogen) atoms. The molecular weight excluding hydrogens is 240 g/mol. The Labute approximate surface area is 115 Å². The number of nitrogens with zero attached hydrogens (tertiary/aromatic N) is 3. The number of aromatic nitrogens is 1. The second-order valence-corrected chi connectivity index (χ2v) is 5.95. The zero-order valence-corrected chi connectivity index (χ0v) is 11.9. The van der Waals surface area contributed by atoms with Crippen molar-refractivity contribution < 1.29 is 4.42 Å². The highest BCUT2D eigenvalue weighted by Crippen LogP contribution is 2.22. The van der Waals surface area contributed by atoms with Gasteiger partial charge in [-0.15, -0.1) is 0 Å². The maximum Gasteiger partial charge on any atom is 0.297 e. The fraction of sp³-hybridized carbons (Fsp3) is 0.786. The molecule has 3 rings (SSSR count). The fourth-order valence-corrected chi connectivity index (χ4v) is 2.69. The fourth-order valence-electron chi connectivity index (χ4n) is 2.69. The number of oxazole rings is 1. The molecular formula is C14H24N4O. The topological polar surface area (TPSA) is 44.5 Å². The van der Waals surface area contributed by atoms with Crippen LogP contribution in [0.3, 0.4) is 0 Å². The number of anilines is 1. The third kappa shape index (κ3) is 3.28. The molecule has 0 bridgehead atoms. The summed E-state index contributed by atoms with van der Waals surface area (Å²) in [5.41, 5.74) is 1.01. The van der Waals surface area contributed by atoms with Crippen LogP contribution in [0.25, 0.3) is 0 Å². The molecule has 0 aromatic carbocycles. The zero-order chi connectivity index (χ0) is 13.2. The van der Waals surface area contributed by atoms with Crippen LogP contribution in [0.15, 0.2) is 10.7 Å². The van der Waals surface area contributed by atoms with E-state index in [4.69, 9.17) is 4.42 Å². The maximum atomic E-state index is 5.62. The number of hydrogen-bond donors (Lipinski definition) is 1. The van der Waals surface area contributed by atoms with Gasteiger partial charge in [0.05, 0.1) is 5.69 Å². The monoisotopic (exact) mass is 264 g/mol. The Hall–Kier alpha value is -1.07. The molecule has 0 radical (unpaired) electrons. The van der Waals surface area contributed by atoms with E-state index in [9.17, 15) is 0 Å². The van der Waals surface area contributed by atoms with Crippen molar-refractivity contribution in [2.75, 3.05) is 32.1 Å². The SMILES string of the molecule is CN1CCCC(N(C)c2nc(CNC3CC3)co2)C1. The zero-order valence-electron chi connectivity index (χ0n) is 11.9. The van der Waals surface area contributed by atoms with Crippen molar-refractivity contribution in [2.24, 2.45) is 0 Å². The van der Waals surface area contributed by atoms with Gasteiger partial charge in [-0.2, -0.15) is 4.98 Å². The first-order chi connectivity index (χ1) is 9.22. The molecule has 5 nitrogen and oxygen atoms in total. The highest BCUT2D eigenvalue weighted by atomic mass is 16.4. The minimum absolute atomic E-state index is 0.515. The lowest BCUT2D eigenvalue weighted by atomic mass is 10.1. The molecule has 106 valence electrons. The first-order valence-corrected chi connectivity index (χ1v) is 7.31. The highest BCUT2D eigenvalue weighted by Gasteiger charge is 2.24. The molecule has 1 aliphatic carbocycles. The molecule has 1 N–H and O–H groups in total. The predicted octanol–water partition coefficient (Wildman–Crippen LogP) is 1.46. The summed E-state index contributed by atoms with van der Waals surface area (Å²) in [7, 11) is 4.27. The Bertz CT molecular complexity index is 415. The van der Waals surface area contributed by atoms with Crippen LogP contribution in [-0.4, -0.2) is 49.2 Å². The average Bonchev–Trinajstić information content (AvgIpc) is 3.13. The summed E-state index contributed by atoms with van der Waals surface area (Å²) in [4.78, 5) is 9.16. The van der Waals surface area contributed by atoms with Crippen molar-refractivity contribution in [2.45, 2.75) is 44.3 Å². The Balaban J connectivity index is 1.57. The summed E-state index contributed by atoms with van der Waals surface area (Å²) in [6.07, 6.45) is 6.87. The van der Waals surface area contributed by atoms with Gasteiger partial charge in [-0.1, -0.05) is 0 Å². The van der Waals surface area contributed by atoms with E-state index in [1.165, 1.54) is 32.2 Å². The van der Waals surface area contributed by atoms with E-state index in [-0.39, 0.29) is 0 Å². The van der Waals surface area contributed by atoms with Crippen LogP contribution in [0.2, 0.25) is 0 Å². The van der Waals surface area contributed by atoms with E-state index in [1.54, 1.807) is 6.26 Å². The van der Waals surface area contributed by atoms with Gasteiger partial charge < -0.3 is 19.5 Å². The van der Waals surface area contributed by atoms with Gasteiger partial charge in [0.25, 0.3) is 6.01 Å². The first-order valence-electron chi connectivity index (χ1n) is 7.31. The third-order valence-corrected chi connectivity index (χ3v) is 4.14. The van der Waals surface area contributed by atoms with Gasteiger partial charge in [0.2, 0.25) is 0 Å². The molecule has 1 aromatic heterocycles. The summed E-state index contributed by atoms with van der Waals surface area (Å²) in [5, 5.41) is 3.46. The Kier molecular flexibility index (Phi) is 3.75. The van der Waals surface area contributed by atoms with Crippen molar-refractivity contribution in [3.8, 4) is 0 Å². The lowest BCUT2D eigenvalue weighted by Crippen LogP contribution is -2.45. The molecule has 1 atom stereocenters. The molecule has 1 aliphatic heterocycles. The molecule has 1 saturated carbocycles. The number of likely N-dealkylation sites (N-methyl/N-ethyl adjacent to an activating group) is 2. The van der Waals surface area contributed by atoms with Crippen LogP contribution in [-0.2, 0) is 6.54 Å². The summed E-state index contributed by atoms with van der Waals surface area (Å²) in [6.45, 7) is 3.12. The Morgan fingerprint density at radius 1 is 1.47 bits per heavy atom. The molecule has 2 aliphatic rings. The smallest absolute Gasteiger partial charge is 0.297 e. The molecule has 0 spiro atoms. The quantitative estimate of drug-likeness (QED) is 0.872. The third-order valence-electron chi connectivity index (χ3n) is 4.14.